The highest BCUT2D eigenvalue weighted by atomic mass is 32.1. The van der Waals surface area contributed by atoms with Gasteiger partial charge in [-0.1, -0.05) is 20.8 Å². The topological polar surface area (TPSA) is 45.8 Å². The van der Waals surface area contributed by atoms with E-state index in [0.717, 1.165) is 11.7 Å². The van der Waals surface area contributed by atoms with Crippen LogP contribution in [-0.4, -0.2) is 8.75 Å². The first-order valence-electron chi connectivity index (χ1n) is 3.06. The number of nitrogens with one attached hydrogen (secondary N) is 1. The quantitative estimate of drug-likeness (QED) is 0.615. The molecule has 0 bridgehead atoms. The Bertz CT molecular complexity index is 268. The van der Waals surface area contributed by atoms with Gasteiger partial charge in [-0.05, 0) is 0 Å². The molecule has 0 unspecified atom stereocenters. The summed E-state index contributed by atoms with van der Waals surface area (Å²) in [5, 5.41) is 0. The predicted octanol–water partition coefficient (Wildman–Crippen LogP) is 1.13. The lowest BCUT2D eigenvalue weighted by molar-refractivity contribution is 0.569. The first kappa shape index (κ1) is 7.47. The first-order chi connectivity index (χ1) is 4.52. The molecule has 1 aromatic heterocycles. The molecule has 0 spiro atoms. The van der Waals surface area contributed by atoms with Gasteiger partial charge in [0, 0.05) is 17.1 Å². The molecular weight excluding hydrogens is 148 g/mol. The zero-order chi connectivity index (χ0) is 7.78. The van der Waals surface area contributed by atoms with E-state index in [1.807, 2.05) is 20.8 Å². The largest absolute Gasteiger partial charge is 0.281 e. The van der Waals surface area contributed by atoms with Gasteiger partial charge in [0.2, 0.25) is 0 Å². The summed E-state index contributed by atoms with van der Waals surface area (Å²) in [6.07, 6.45) is 0. The predicted molar refractivity (Wildman–Crippen MR) is 41.4 cm³/mol. The molecular formula is C6H10N2OS. The molecule has 1 heterocycles. The SMILES string of the molecule is CC(C)(C)c1ns[nH]c1=O. The zero-order valence-electron chi connectivity index (χ0n) is 6.26. The maximum atomic E-state index is 11.0. The van der Waals surface area contributed by atoms with Gasteiger partial charge in [-0.3, -0.25) is 9.17 Å². The standard InChI is InChI=1S/C6H10N2OS/c1-6(2,3)4-5(9)8-10-7-4/h1-3H3,(H,8,9). The number of rotatable bonds is 0. The fraction of sp³-hybridized carbons (Fsp3) is 0.667. The second kappa shape index (κ2) is 2.20. The summed E-state index contributed by atoms with van der Waals surface area (Å²) in [4.78, 5) is 11.0. The smallest absolute Gasteiger partial charge is 0.267 e. The van der Waals surface area contributed by atoms with E-state index in [4.69, 9.17) is 0 Å². The Morgan fingerprint density at radius 1 is 1.50 bits per heavy atom. The van der Waals surface area contributed by atoms with Crippen LogP contribution in [0.5, 0.6) is 0 Å². The Morgan fingerprint density at radius 2 is 2.10 bits per heavy atom. The summed E-state index contributed by atoms with van der Waals surface area (Å²) in [5.41, 5.74) is 0.433. The first-order valence-corrected chi connectivity index (χ1v) is 3.84. The molecule has 3 nitrogen and oxygen atoms in total. The van der Waals surface area contributed by atoms with Gasteiger partial charge in [0.25, 0.3) is 5.56 Å². The van der Waals surface area contributed by atoms with Crippen molar-refractivity contribution >= 4 is 11.7 Å². The molecule has 10 heavy (non-hydrogen) atoms. The molecule has 0 saturated carbocycles. The Hall–Kier alpha value is -0.640. The van der Waals surface area contributed by atoms with Crippen LogP contribution in [0.25, 0.3) is 0 Å². The van der Waals surface area contributed by atoms with E-state index < -0.39 is 0 Å². The van der Waals surface area contributed by atoms with Crippen LogP contribution in [0.3, 0.4) is 0 Å². The molecule has 0 aromatic carbocycles. The van der Waals surface area contributed by atoms with Crippen LogP contribution in [-0.2, 0) is 5.41 Å². The van der Waals surface area contributed by atoms with E-state index in [1.165, 1.54) is 0 Å². The number of hydrogen-bond donors (Lipinski definition) is 1. The van der Waals surface area contributed by atoms with Crippen LogP contribution >= 0.6 is 11.7 Å². The van der Waals surface area contributed by atoms with Gasteiger partial charge >= 0.3 is 0 Å². The molecule has 0 fully saturated rings. The van der Waals surface area contributed by atoms with Gasteiger partial charge in [0.1, 0.15) is 5.69 Å². The lowest BCUT2D eigenvalue weighted by Gasteiger charge is -2.11. The van der Waals surface area contributed by atoms with Crippen molar-refractivity contribution in [3.8, 4) is 0 Å². The third-order valence-electron chi connectivity index (χ3n) is 1.20. The van der Waals surface area contributed by atoms with Crippen molar-refractivity contribution in [2.24, 2.45) is 0 Å². The van der Waals surface area contributed by atoms with Gasteiger partial charge in [0.15, 0.2) is 0 Å². The average Bonchev–Trinajstić information content (AvgIpc) is 2.11. The van der Waals surface area contributed by atoms with Crippen LogP contribution in [0.15, 0.2) is 4.79 Å². The van der Waals surface area contributed by atoms with Gasteiger partial charge in [-0.2, -0.15) is 4.37 Å². The van der Waals surface area contributed by atoms with E-state index in [0.29, 0.717) is 5.69 Å². The van der Waals surface area contributed by atoms with Gasteiger partial charge in [-0.15, -0.1) is 0 Å². The molecule has 1 rings (SSSR count). The normalized spacial score (nSPS) is 11.9. The minimum absolute atomic E-state index is 0.0579. The van der Waals surface area contributed by atoms with E-state index in [2.05, 4.69) is 8.75 Å². The van der Waals surface area contributed by atoms with Crippen molar-refractivity contribution in [2.45, 2.75) is 26.2 Å². The minimum Gasteiger partial charge on any atom is -0.267 e. The highest BCUT2D eigenvalue weighted by Crippen LogP contribution is 2.15. The maximum Gasteiger partial charge on any atom is 0.281 e. The molecule has 0 aliphatic heterocycles. The fourth-order valence-corrected chi connectivity index (χ4v) is 1.35. The van der Waals surface area contributed by atoms with Crippen molar-refractivity contribution in [3.63, 3.8) is 0 Å². The molecule has 0 radical (unpaired) electrons. The second-order valence-electron chi connectivity index (χ2n) is 3.21. The van der Waals surface area contributed by atoms with E-state index in [1.54, 1.807) is 0 Å². The molecule has 0 amide bonds. The van der Waals surface area contributed by atoms with Crippen molar-refractivity contribution < 1.29 is 0 Å². The fourth-order valence-electron chi connectivity index (χ4n) is 0.677. The van der Waals surface area contributed by atoms with Crippen LogP contribution in [0.1, 0.15) is 26.5 Å². The van der Waals surface area contributed by atoms with E-state index in [9.17, 15) is 4.79 Å². The Kier molecular flexibility index (Phi) is 1.64. The van der Waals surface area contributed by atoms with Crippen LogP contribution in [0.4, 0.5) is 0 Å². The zero-order valence-corrected chi connectivity index (χ0v) is 7.08. The van der Waals surface area contributed by atoms with E-state index >= 15 is 0 Å². The molecule has 4 heteroatoms. The Balaban J connectivity index is 3.18. The van der Waals surface area contributed by atoms with Crippen molar-refractivity contribution in [1.82, 2.24) is 8.75 Å². The van der Waals surface area contributed by atoms with Gasteiger partial charge in [-0.25, -0.2) is 0 Å². The monoisotopic (exact) mass is 158 g/mol. The molecule has 0 saturated heterocycles. The number of hydrogen-bond acceptors (Lipinski definition) is 3. The third-order valence-corrected chi connectivity index (χ3v) is 1.75. The van der Waals surface area contributed by atoms with Crippen molar-refractivity contribution in [1.29, 1.82) is 0 Å². The number of H-pyrrole nitrogens is 1. The average molecular weight is 158 g/mol. The summed E-state index contributed by atoms with van der Waals surface area (Å²) in [6.45, 7) is 5.91. The molecule has 0 atom stereocenters. The third kappa shape index (κ3) is 1.26. The minimum atomic E-state index is -0.131. The molecule has 56 valence electrons. The molecule has 1 aromatic rings. The summed E-state index contributed by atoms with van der Waals surface area (Å²) < 4.78 is 6.51. The molecule has 1 N–H and O–H groups in total. The summed E-state index contributed by atoms with van der Waals surface area (Å²) >= 11 is 1.11. The van der Waals surface area contributed by atoms with Crippen LogP contribution in [0.2, 0.25) is 0 Å². The summed E-state index contributed by atoms with van der Waals surface area (Å²) in [7, 11) is 0. The lowest BCUT2D eigenvalue weighted by Crippen LogP contribution is -2.21. The Morgan fingerprint density at radius 3 is 2.30 bits per heavy atom. The van der Waals surface area contributed by atoms with Crippen LogP contribution < -0.4 is 5.56 Å². The van der Waals surface area contributed by atoms with Crippen molar-refractivity contribution in [2.75, 3.05) is 0 Å². The number of nitrogens with zero attached hydrogens (tertiary/aromatic N) is 1. The maximum absolute atomic E-state index is 11.0. The molecule has 0 aliphatic rings. The van der Waals surface area contributed by atoms with Gasteiger partial charge in [0.05, 0.1) is 0 Å². The van der Waals surface area contributed by atoms with E-state index in [-0.39, 0.29) is 11.0 Å². The highest BCUT2D eigenvalue weighted by molar-refractivity contribution is 6.99. The lowest BCUT2D eigenvalue weighted by atomic mass is 9.93. The second-order valence-corrected chi connectivity index (χ2v) is 3.78. The number of aromatic nitrogens is 2. The molecule has 0 aliphatic carbocycles. The van der Waals surface area contributed by atoms with Gasteiger partial charge < -0.3 is 0 Å². The van der Waals surface area contributed by atoms with Crippen molar-refractivity contribution in [3.05, 3.63) is 16.0 Å². The summed E-state index contributed by atoms with van der Waals surface area (Å²) in [5.74, 6) is 0. The Labute approximate surface area is 63.4 Å². The highest BCUT2D eigenvalue weighted by Gasteiger charge is 2.19. The van der Waals surface area contributed by atoms with Crippen LogP contribution in [0, 0.1) is 0 Å². The number of aromatic amines is 1. The summed E-state index contributed by atoms with van der Waals surface area (Å²) in [6, 6.07) is 0.